The Morgan fingerprint density at radius 2 is 1.76 bits per heavy atom. The van der Waals surface area contributed by atoms with Gasteiger partial charge < -0.3 is 5.11 Å². The number of hydrogen-bond donors (Lipinski definition) is 1. The highest BCUT2D eigenvalue weighted by molar-refractivity contribution is 5.85. The van der Waals surface area contributed by atoms with E-state index in [-0.39, 0.29) is 24.7 Å². The molecule has 0 unspecified atom stereocenters. The van der Waals surface area contributed by atoms with Gasteiger partial charge in [-0.2, -0.15) is 0 Å². The van der Waals surface area contributed by atoms with Gasteiger partial charge in [-0.25, -0.2) is 9.18 Å². The summed E-state index contributed by atoms with van der Waals surface area (Å²) >= 11 is 0. The second kappa shape index (κ2) is 8.96. The van der Waals surface area contributed by atoms with Gasteiger partial charge in [-0.05, 0) is 60.5 Å². The van der Waals surface area contributed by atoms with Gasteiger partial charge >= 0.3 is 5.69 Å². The van der Waals surface area contributed by atoms with E-state index in [1.807, 2.05) is 24.4 Å². The molecule has 166 valence electrons. The van der Waals surface area contributed by atoms with Crippen LogP contribution in [0.4, 0.5) is 4.39 Å². The lowest BCUT2D eigenvalue weighted by atomic mass is 9.99. The number of hydrogen-bond acceptors (Lipinski definition) is 4. The number of aliphatic hydroxyl groups excluding tert-OH is 1. The molecule has 0 saturated heterocycles. The van der Waals surface area contributed by atoms with E-state index >= 15 is 0 Å². The van der Waals surface area contributed by atoms with E-state index in [0.717, 1.165) is 34.9 Å². The van der Waals surface area contributed by atoms with Gasteiger partial charge in [0.15, 0.2) is 0 Å². The van der Waals surface area contributed by atoms with Crippen molar-refractivity contribution >= 4 is 21.8 Å². The van der Waals surface area contributed by atoms with Gasteiger partial charge in [0.1, 0.15) is 5.82 Å². The summed E-state index contributed by atoms with van der Waals surface area (Å²) in [4.78, 5) is 22.5. The average molecular weight is 442 g/mol. The summed E-state index contributed by atoms with van der Waals surface area (Å²) in [5.41, 5.74) is 3.63. The second-order valence-corrected chi connectivity index (χ2v) is 8.00. The van der Waals surface area contributed by atoms with Gasteiger partial charge in [0, 0.05) is 24.4 Å². The van der Waals surface area contributed by atoms with Crippen molar-refractivity contribution in [3.05, 3.63) is 101 Å². The molecule has 0 saturated carbocycles. The predicted octanol–water partition coefficient (Wildman–Crippen LogP) is 4.24. The van der Waals surface area contributed by atoms with Crippen LogP contribution in [0.25, 0.3) is 27.5 Å². The van der Waals surface area contributed by atoms with Crippen molar-refractivity contribution in [2.45, 2.75) is 25.8 Å². The largest absolute Gasteiger partial charge is 0.396 e. The van der Waals surface area contributed by atoms with Crippen molar-refractivity contribution in [1.29, 1.82) is 0 Å². The van der Waals surface area contributed by atoms with E-state index in [4.69, 9.17) is 4.98 Å². The number of fused-ring (bicyclic) bond motifs is 2. The van der Waals surface area contributed by atoms with Crippen LogP contribution in [-0.4, -0.2) is 30.8 Å². The molecule has 2 aromatic carbocycles. The summed E-state index contributed by atoms with van der Waals surface area (Å²) in [6, 6.07) is 15.7. The zero-order chi connectivity index (χ0) is 22.8. The van der Waals surface area contributed by atoms with Gasteiger partial charge in [0.25, 0.3) is 0 Å². The van der Waals surface area contributed by atoms with Crippen molar-refractivity contribution in [1.82, 2.24) is 19.1 Å². The quantitative estimate of drug-likeness (QED) is 0.383. The van der Waals surface area contributed by atoms with Crippen molar-refractivity contribution in [3.63, 3.8) is 0 Å². The molecule has 7 heteroatoms. The van der Waals surface area contributed by atoms with Crippen molar-refractivity contribution in [2.75, 3.05) is 6.61 Å². The molecule has 0 fully saturated rings. The summed E-state index contributed by atoms with van der Waals surface area (Å²) in [5, 5.41) is 11.4. The molecule has 0 bridgehead atoms. The third-order valence-corrected chi connectivity index (χ3v) is 5.95. The molecule has 0 spiro atoms. The third-order valence-electron chi connectivity index (χ3n) is 5.95. The zero-order valence-corrected chi connectivity index (χ0v) is 18.0. The minimum Gasteiger partial charge on any atom is -0.396 e. The van der Waals surface area contributed by atoms with E-state index in [9.17, 15) is 14.3 Å². The number of halogens is 1. The standard InChI is InChI=1S/C26H23FN4O2/c27-19-8-10-20(11-9-19)31-24-12-13-28-16-25(24)30(26(31)33)17-23-22(7-3-4-14-32)21-6-2-1-5-18(21)15-29-23/h1-2,5-6,8-13,15-16,32H,3-4,7,14,17H2. The highest BCUT2D eigenvalue weighted by atomic mass is 19.1. The van der Waals surface area contributed by atoms with Gasteiger partial charge in [-0.3, -0.25) is 19.1 Å². The van der Waals surface area contributed by atoms with Crippen LogP contribution in [0.3, 0.4) is 0 Å². The highest BCUT2D eigenvalue weighted by Gasteiger charge is 2.18. The van der Waals surface area contributed by atoms with E-state index in [1.165, 1.54) is 12.1 Å². The summed E-state index contributed by atoms with van der Waals surface area (Å²) in [5.74, 6) is -0.356. The average Bonchev–Trinajstić information content (AvgIpc) is 3.12. The fraction of sp³-hybridized carbons (Fsp3) is 0.192. The van der Waals surface area contributed by atoms with Crippen LogP contribution in [0.2, 0.25) is 0 Å². The highest BCUT2D eigenvalue weighted by Crippen LogP contribution is 2.25. The van der Waals surface area contributed by atoms with Crippen LogP contribution in [0.5, 0.6) is 0 Å². The van der Waals surface area contributed by atoms with Gasteiger partial charge in [0.2, 0.25) is 0 Å². The zero-order valence-electron chi connectivity index (χ0n) is 18.0. The summed E-state index contributed by atoms with van der Waals surface area (Å²) < 4.78 is 16.7. The number of rotatable bonds is 7. The van der Waals surface area contributed by atoms with Crippen molar-refractivity contribution in [3.8, 4) is 5.69 Å². The van der Waals surface area contributed by atoms with Crippen LogP contribution in [0, 0.1) is 5.82 Å². The Morgan fingerprint density at radius 3 is 2.58 bits per heavy atom. The molecular formula is C26H23FN4O2. The molecule has 1 N–H and O–H groups in total. The molecule has 0 atom stereocenters. The lowest BCUT2D eigenvalue weighted by molar-refractivity contribution is 0.284. The lowest BCUT2D eigenvalue weighted by Crippen LogP contribution is -2.24. The molecule has 5 rings (SSSR count). The molecular weight excluding hydrogens is 419 g/mol. The van der Waals surface area contributed by atoms with Crippen LogP contribution in [-0.2, 0) is 13.0 Å². The van der Waals surface area contributed by atoms with Crippen molar-refractivity contribution in [2.24, 2.45) is 0 Å². The summed E-state index contributed by atoms with van der Waals surface area (Å²) in [7, 11) is 0. The normalized spacial score (nSPS) is 11.5. The number of aliphatic hydroxyl groups is 1. The molecule has 3 aromatic heterocycles. The maximum Gasteiger partial charge on any atom is 0.334 e. The number of aryl methyl sites for hydroxylation is 1. The first-order chi connectivity index (χ1) is 16.2. The van der Waals surface area contributed by atoms with Crippen LogP contribution in [0.15, 0.2) is 78.0 Å². The molecule has 3 heterocycles. The van der Waals surface area contributed by atoms with Gasteiger partial charge in [-0.15, -0.1) is 0 Å². The Kier molecular flexibility index (Phi) is 5.71. The first-order valence-corrected chi connectivity index (χ1v) is 10.9. The number of benzene rings is 2. The number of unbranched alkanes of at least 4 members (excludes halogenated alkanes) is 1. The monoisotopic (exact) mass is 442 g/mol. The first kappa shape index (κ1) is 21.0. The molecule has 0 aliphatic rings. The number of imidazole rings is 1. The second-order valence-electron chi connectivity index (χ2n) is 8.00. The maximum absolute atomic E-state index is 13.6. The lowest BCUT2D eigenvalue weighted by Gasteiger charge is -2.13. The van der Waals surface area contributed by atoms with Crippen LogP contribution < -0.4 is 5.69 Å². The fourth-order valence-electron chi connectivity index (χ4n) is 4.34. The Labute approximate surface area is 189 Å². The van der Waals surface area contributed by atoms with Crippen LogP contribution >= 0.6 is 0 Å². The smallest absolute Gasteiger partial charge is 0.334 e. The number of aromatic nitrogens is 4. The molecule has 0 aliphatic carbocycles. The molecule has 0 amide bonds. The molecule has 0 radical (unpaired) electrons. The van der Waals surface area contributed by atoms with Crippen LogP contribution in [0.1, 0.15) is 24.1 Å². The van der Waals surface area contributed by atoms with E-state index in [0.29, 0.717) is 23.1 Å². The maximum atomic E-state index is 13.6. The Hall–Kier alpha value is -3.84. The molecule has 0 aliphatic heterocycles. The van der Waals surface area contributed by atoms with Crippen molar-refractivity contribution < 1.29 is 9.50 Å². The molecule has 6 nitrogen and oxygen atoms in total. The minimum atomic E-state index is -0.356. The Morgan fingerprint density at radius 1 is 0.939 bits per heavy atom. The Bertz CT molecular complexity index is 1490. The minimum absolute atomic E-state index is 0.143. The van der Waals surface area contributed by atoms with E-state index < -0.39 is 0 Å². The predicted molar refractivity (Wildman–Crippen MR) is 126 cm³/mol. The molecule has 5 aromatic rings. The number of nitrogens with zero attached hydrogens (tertiary/aromatic N) is 4. The van der Waals surface area contributed by atoms with Gasteiger partial charge in [-0.1, -0.05) is 24.3 Å². The topological polar surface area (TPSA) is 72.9 Å². The summed E-state index contributed by atoms with van der Waals surface area (Å²) in [6.45, 7) is 0.429. The summed E-state index contributed by atoms with van der Waals surface area (Å²) in [6.07, 6.45) is 7.43. The van der Waals surface area contributed by atoms with E-state index in [1.54, 1.807) is 39.7 Å². The number of pyridine rings is 2. The third kappa shape index (κ3) is 3.91. The SMILES string of the molecule is O=c1n(Cc2ncc3ccccc3c2CCCCO)c2cnccc2n1-c1ccc(F)cc1. The fourth-order valence-corrected chi connectivity index (χ4v) is 4.34. The Balaban J connectivity index is 1.66. The van der Waals surface area contributed by atoms with Gasteiger partial charge in [0.05, 0.1) is 35.2 Å². The van der Waals surface area contributed by atoms with E-state index in [2.05, 4.69) is 11.1 Å². The molecule has 33 heavy (non-hydrogen) atoms. The first-order valence-electron chi connectivity index (χ1n) is 10.9.